The third-order valence-electron chi connectivity index (χ3n) is 3.21. The van der Waals surface area contributed by atoms with E-state index in [0.29, 0.717) is 11.6 Å². The third kappa shape index (κ3) is 3.05. The van der Waals surface area contributed by atoms with Gasteiger partial charge in [-0.3, -0.25) is 9.82 Å². The van der Waals surface area contributed by atoms with E-state index in [9.17, 15) is 0 Å². The molecule has 1 aliphatic rings. The molecule has 0 bridgehead atoms. The van der Waals surface area contributed by atoms with Crippen molar-refractivity contribution in [1.82, 2.24) is 20.4 Å². The summed E-state index contributed by atoms with van der Waals surface area (Å²) in [5.41, 5.74) is 3.87. The van der Waals surface area contributed by atoms with Crippen LogP contribution in [0.3, 0.4) is 0 Å². The van der Waals surface area contributed by atoms with Gasteiger partial charge in [-0.2, -0.15) is 0 Å². The topological polar surface area (TPSA) is 69.2 Å². The monoisotopic (exact) mass is 324 g/mol. The van der Waals surface area contributed by atoms with E-state index in [2.05, 4.69) is 26.5 Å². The highest BCUT2D eigenvalue weighted by Crippen LogP contribution is 2.34. The van der Waals surface area contributed by atoms with Crippen LogP contribution in [0.1, 0.15) is 11.0 Å². The predicted octanol–water partition coefficient (Wildman–Crippen LogP) is 3.10. The van der Waals surface area contributed by atoms with E-state index in [-0.39, 0.29) is 6.10 Å². The van der Waals surface area contributed by atoms with Crippen molar-refractivity contribution >= 4 is 11.3 Å². The lowest BCUT2D eigenvalue weighted by atomic mass is 10.2. The minimum absolute atomic E-state index is 0.190. The fraction of sp³-hybridized carbons (Fsp3) is 0.0625. The molecule has 0 saturated carbocycles. The molecular formula is C16H12N4O2S. The van der Waals surface area contributed by atoms with Crippen molar-refractivity contribution in [2.75, 3.05) is 0 Å². The molecule has 0 aromatic carbocycles. The highest BCUT2D eigenvalue weighted by molar-refractivity contribution is 7.15. The molecule has 0 amide bonds. The molecule has 23 heavy (non-hydrogen) atoms. The maximum atomic E-state index is 5.61. The molecule has 0 radical (unpaired) electrons. The van der Waals surface area contributed by atoms with Crippen LogP contribution in [0.4, 0.5) is 0 Å². The Bertz CT molecular complexity index is 820. The zero-order valence-corrected chi connectivity index (χ0v) is 12.7. The van der Waals surface area contributed by atoms with Gasteiger partial charge in [-0.15, -0.1) is 11.3 Å². The summed E-state index contributed by atoms with van der Waals surface area (Å²) < 4.78 is 5.61. The Labute approximate surface area is 136 Å². The van der Waals surface area contributed by atoms with Gasteiger partial charge in [0.15, 0.2) is 5.75 Å². The predicted molar refractivity (Wildman–Crippen MR) is 85.3 cm³/mol. The number of aromatic nitrogens is 3. The number of thiophene rings is 1. The van der Waals surface area contributed by atoms with Crippen LogP contribution in [0.2, 0.25) is 0 Å². The summed E-state index contributed by atoms with van der Waals surface area (Å²) in [4.78, 5) is 19.7. The molecule has 6 nitrogen and oxygen atoms in total. The number of ether oxygens (including phenoxy) is 1. The summed E-state index contributed by atoms with van der Waals surface area (Å²) >= 11 is 1.66. The van der Waals surface area contributed by atoms with E-state index in [1.54, 1.807) is 29.9 Å². The lowest BCUT2D eigenvalue weighted by Crippen LogP contribution is -2.12. The summed E-state index contributed by atoms with van der Waals surface area (Å²) in [6.07, 6.45) is 9.94. The third-order valence-corrected chi connectivity index (χ3v) is 4.40. The minimum Gasteiger partial charge on any atom is -0.436 e. The van der Waals surface area contributed by atoms with Crippen molar-refractivity contribution < 1.29 is 9.57 Å². The van der Waals surface area contributed by atoms with Crippen LogP contribution in [0, 0.1) is 0 Å². The largest absolute Gasteiger partial charge is 0.436 e. The quantitative estimate of drug-likeness (QED) is 0.795. The van der Waals surface area contributed by atoms with Crippen molar-refractivity contribution in [3.8, 4) is 16.2 Å². The van der Waals surface area contributed by atoms with E-state index < -0.39 is 0 Å². The zero-order valence-electron chi connectivity index (χ0n) is 11.9. The molecule has 3 aromatic heterocycles. The molecule has 1 atom stereocenters. The molecule has 114 valence electrons. The average molecular weight is 324 g/mol. The number of nitrogens with zero attached hydrogens (tertiary/aromatic N) is 3. The second kappa shape index (κ2) is 6.15. The second-order valence-corrected chi connectivity index (χ2v) is 5.91. The molecule has 0 unspecified atom stereocenters. The summed E-state index contributed by atoms with van der Waals surface area (Å²) in [7, 11) is 0. The van der Waals surface area contributed by atoms with Crippen molar-refractivity contribution in [2.45, 2.75) is 6.10 Å². The van der Waals surface area contributed by atoms with Crippen LogP contribution in [0.15, 0.2) is 67.3 Å². The summed E-state index contributed by atoms with van der Waals surface area (Å²) in [6, 6.07) is 8.08. The van der Waals surface area contributed by atoms with Gasteiger partial charge in [0, 0.05) is 33.8 Å². The Morgan fingerprint density at radius 1 is 1.09 bits per heavy atom. The van der Waals surface area contributed by atoms with Gasteiger partial charge >= 0.3 is 0 Å². The Hall–Kier alpha value is -2.77. The molecule has 1 aliphatic heterocycles. The number of hydroxylamine groups is 1. The summed E-state index contributed by atoms with van der Waals surface area (Å²) in [5.74, 6) is 1.08. The first kappa shape index (κ1) is 13.9. The Balaban J connectivity index is 1.50. The van der Waals surface area contributed by atoms with E-state index in [4.69, 9.17) is 9.57 Å². The molecule has 0 fully saturated rings. The van der Waals surface area contributed by atoms with Gasteiger partial charge in [0.25, 0.3) is 0 Å². The van der Waals surface area contributed by atoms with Gasteiger partial charge in [0.2, 0.25) is 5.88 Å². The highest BCUT2D eigenvalue weighted by atomic mass is 32.1. The van der Waals surface area contributed by atoms with Crippen LogP contribution in [0.25, 0.3) is 10.4 Å². The first-order chi connectivity index (χ1) is 11.4. The van der Waals surface area contributed by atoms with Crippen molar-refractivity contribution in [2.24, 2.45) is 0 Å². The standard InChI is InChI=1S/C16H12N4O2S/c1-2-11(7-17-5-1)14-3-4-15(23-14)13-6-16(20-22-13)21-12-8-18-10-19-9-12/h1-10,13,20H/t13-/m0/s1. The Kier molecular flexibility index (Phi) is 3.71. The first-order valence-corrected chi connectivity index (χ1v) is 7.76. The number of pyridine rings is 1. The maximum absolute atomic E-state index is 5.61. The lowest BCUT2D eigenvalue weighted by molar-refractivity contribution is 0.0290. The van der Waals surface area contributed by atoms with Gasteiger partial charge in [0.05, 0.1) is 12.4 Å². The van der Waals surface area contributed by atoms with E-state index >= 15 is 0 Å². The normalized spacial score (nSPS) is 16.7. The Morgan fingerprint density at radius 3 is 2.83 bits per heavy atom. The van der Waals surface area contributed by atoms with Crippen LogP contribution in [-0.4, -0.2) is 15.0 Å². The highest BCUT2D eigenvalue weighted by Gasteiger charge is 2.21. The fourth-order valence-corrected chi connectivity index (χ4v) is 3.15. The van der Waals surface area contributed by atoms with E-state index in [0.717, 1.165) is 15.3 Å². The summed E-state index contributed by atoms with van der Waals surface area (Å²) in [5, 5.41) is 0. The number of hydrogen-bond acceptors (Lipinski definition) is 7. The van der Waals surface area contributed by atoms with Crippen molar-refractivity contribution in [3.63, 3.8) is 0 Å². The molecular weight excluding hydrogens is 312 g/mol. The van der Waals surface area contributed by atoms with Gasteiger partial charge in [0.1, 0.15) is 12.4 Å². The molecule has 0 aliphatic carbocycles. The summed E-state index contributed by atoms with van der Waals surface area (Å²) in [6.45, 7) is 0. The van der Waals surface area contributed by atoms with Gasteiger partial charge in [-0.1, -0.05) is 6.07 Å². The minimum atomic E-state index is -0.190. The van der Waals surface area contributed by atoms with Gasteiger partial charge in [-0.05, 0) is 18.2 Å². The number of hydrogen-bond donors (Lipinski definition) is 1. The van der Waals surface area contributed by atoms with E-state index in [1.807, 2.05) is 30.5 Å². The van der Waals surface area contributed by atoms with Crippen molar-refractivity contribution in [1.29, 1.82) is 0 Å². The average Bonchev–Trinajstić information content (AvgIpc) is 3.26. The smallest absolute Gasteiger partial charge is 0.216 e. The molecule has 1 N–H and O–H groups in total. The molecule has 0 spiro atoms. The number of rotatable bonds is 4. The molecule has 3 aromatic rings. The lowest BCUT2D eigenvalue weighted by Gasteiger charge is -2.05. The number of nitrogens with one attached hydrogen (secondary N) is 1. The maximum Gasteiger partial charge on any atom is 0.216 e. The second-order valence-electron chi connectivity index (χ2n) is 4.79. The van der Waals surface area contributed by atoms with E-state index in [1.165, 1.54) is 6.33 Å². The molecule has 0 saturated heterocycles. The molecule has 7 heteroatoms. The zero-order chi connectivity index (χ0) is 15.5. The van der Waals surface area contributed by atoms with Crippen LogP contribution < -0.4 is 10.2 Å². The molecule has 4 rings (SSSR count). The fourth-order valence-electron chi connectivity index (χ4n) is 2.16. The Morgan fingerprint density at radius 2 is 2.00 bits per heavy atom. The van der Waals surface area contributed by atoms with Crippen molar-refractivity contribution in [3.05, 3.63) is 72.2 Å². The van der Waals surface area contributed by atoms with Gasteiger partial charge in [-0.25, -0.2) is 15.4 Å². The van der Waals surface area contributed by atoms with Crippen LogP contribution >= 0.6 is 11.3 Å². The van der Waals surface area contributed by atoms with Crippen LogP contribution in [-0.2, 0) is 4.84 Å². The van der Waals surface area contributed by atoms with Crippen LogP contribution in [0.5, 0.6) is 5.75 Å². The SMILES string of the molecule is C1=C(Oc2cncnc2)NO[C@@H]1c1ccc(-c2cccnc2)s1. The molecule has 4 heterocycles. The first-order valence-electron chi connectivity index (χ1n) is 6.95. The van der Waals surface area contributed by atoms with Gasteiger partial charge < -0.3 is 4.74 Å².